The fourth-order valence-corrected chi connectivity index (χ4v) is 4.48. The second-order valence-electron chi connectivity index (χ2n) is 6.74. The lowest BCUT2D eigenvalue weighted by Gasteiger charge is -2.21. The standard InChI is InChI=1S/C21H16ClF3N4O4S/c1-29(20-4-2-3-5-27-20)34(31,32)18-9-14(16(22)10-17(18)33-7-6-30)15-12-28-19(21(23,24)25)8-13(15)11-26/h2-5,8-10,12,30H,6-7H2,1H3. The second-order valence-corrected chi connectivity index (χ2v) is 9.08. The van der Waals surface area contributed by atoms with Crippen LogP contribution in [0.5, 0.6) is 5.75 Å². The van der Waals surface area contributed by atoms with E-state index in [2.05, 4.69) is 9.97 Å². The van der Waals surface area contributed by atoms with Crippen molar-refractivity contribution in [2.45, 2.75) is 11.1 Å². The Morgan fingerprint density at radius 1 is 1.21 bits per heavy atom. The number of rotatable bonds is 7. The molecule has 2 aromatic heterocycles. The van der Waals surface area contributed by atoms with Crippen LogP contribution in [-0.4, -0.2) is 43.8 Å². The molecule has 0 aliphatic heterocycles. The fourth-order valence-electron chi connectivity index (χ4n) is 2.94. The van der Waals surface area contributed by atoms with Crippen molar-refractivity contribution in [3.05, 3.63) is 65.1 Å². The Hall–Kier alpha value is -3.40. The Kier molecular flexibility index (Phi) is 7.30. The van der Waals surface area contributed by atoms with Crippen molar-refractivity contribution < 1.29 is 31.4 Å². The molecule has 0 unspecified atom stereocenters. The Labute approximate surface area is 197 Å². The molecule has 34 heavy (non-hydrogen) atoms. The van der Waals surface area contributed by atoms with Crippen molar-refractivity contribution in [1.29, 1.82) is 5.26 Å². The highest BCUT2D eigenvalue weighted by molar-refractivity contribution is 7.92. The van der Waals surface area contributed by atoms with Crippen LogP contribution in [0.15, 0.2) is 53.7 Å². The van der Waals surface area contributed by atoms with Gasteiger partial charge >= 0.3 is 6.18 Å². The molecule has 0 amide bonds. The lowest BCUT2D eigenvalue weighted by Crippen LogP contribution is -2.28. The molecule has 0 aliphatic rings. The van der Waals surface area contributed by atoms with Gasteiger partial charge in [-0.25, -0.2) is 13.4 Å². The minimum Gasteiger partial charge on any atom is -0.490 e. The van der Waals surface area contributed by atoms with Crippen LogP contribution in [-0.2, 0) is 16.2 Å². The van der Waals surface area contributed by atoms with E-state index >= 15 is 0 Å². The number of benzene rings is 1. The average Bonchev–Trinajstić information content (AvgIpc) is 2.81. The molecule has 3 aromatic rings. The number of aliphatic hydroxyl groups is 1. The number of nitriles is 1. The van der Waals surface area contributed by atoms with Crippen LogP contribution >= 0.6 is 11.6 Å². The first-order valence-corrected chi connectivity index (χ1v) is 11.3. The summed E-state index contributed by atoms with van der Waals surface area (Å²) in [6.07, 6.45) is -2.59. The summed E-state index contributed by atoms with van der Waals surface area (Å²) in [5.74, 6) is -0.120. The summed E-state index contributed by atoms with van der Waals surface area (Å²) < 4.78 is 72.2. The Balaban J connectivity index is 2.23. The van der Waals surface area contributed by atoms with Gasteiger partial charge in [0, 0.05) is 36.6 Å². The summed E-state index contributed by atoms with van der Waals surface area (Å²) in [5, 5.41) is 18.4. The number of aliphatic hydroxyl groups excluding tert-OH is 1. The minimum absolute atomic E-state index is 0.0521. The molecule has 0 aliphatic carbocycles. The smallest absolute Gasteiger partial charge is 0.433 e. The van der Waals surface area contributed by atoms with E-state index in [0.29, 0.717) is 6.07 Å². The molecule has 178 valence electrons. The van der Waals surface area contributed by atoms with Gasteiger partial charge in [-0.05, 0) is 24.3 Å². The van der Waals surface area contributed by atoms with E-state index in [4.69, 9.17) is 21.4 Å². The summed E-state index contributed by atoms with van der Waals surface area (Å²) in [6.45, 7) is -0.673. The van der Waals surface area contributed by atoms with E-state index < -0.39 is 39.0 Å². The van der Waals surface area contributed by atoms with Crippen LogP contribution in [0.3, 0.4) is 0 Å². The van der Waals surface area contributed by atoms with E-state index in [9.17, 15) is 26.9 Å². The van der Waals surface area contributed by atoms with Gasteiger partial charge in [-0.2, -0.15) is 18.4 Å². The van der Waals surface area contributed by atoms with Gasteiger partial charge in [-0.1, -0.05) is 17.7 Å². The second kappa shape index (κ2) is 9.84. The van der Waals surface area contributed by atoms with Gasteiger partial charge in [-0.3, -0.25) is 9.29 Å². The molecule has 0 atom stereocenters. The van der Waals surface area contributed by atoms with Crippen molar-refractivity contribution in [3.63, 3.8) is 0 Å². The highest BCUT2D eigenvalue weighted by Gasteiger charge is 2.34. The number of hydrogen-bond donors (Lipinski definition) is 1. The van der Waals surface area contributed by atoms with Crippen LogP contribution in [0.25, 0.3) is 11.1 Å². The number of halogens is 4. The van der Waals surface area contributed by atoms with Crippen LogP contribution in [0.4, 0.5) is 19.0 Å². The van der Waals surface area contributed by atoms with Crippen LogP contribution in [0.2, 0.25) is 5.02 Å². The number of sulfonamides is 1. The molecule has 1 N–H and O–H groups in total. The predicted octanol–water partition coefficient (Wildman–Crippen LogP) is 3.88. The number of anilines is 1. The summed E-state index contributed by atoms with van der Waals surface area (Å²) >= 11 is 6.30. The van der Waals surface area contributed by atoms with E-state index in [1.165, 1.54) is 19.3 Å². The predicted molar refractivity (Wildman–Crippen MR) is 117 cm³/mol. The van der Waals surface area contributed by atoms with Crippen molar-refractivity contribution in [1.82, 2.24) is 9.97 Å². The highest BCUT2D eigenvalue weighted by Crippen LogP contribution is 2.40. The molecule has 0 fully saturated rings. The van der Waals surface area contributed by atoms with E-state index in [-0.39, 0.29) is 34.3 Å². The largest absolute Gasteiger partial charge is 0.490 e. The number of hydrogen-bond acceptors (Lipinski definition) is 7. The molecule has 8 nitrogen and oxygen atoms in total. The molecule has 1 aromatic carbocycles. The van der Waals surface area contributed by atoms with Gasteiger partial charge in [0.1, 0.15) is 28.8 Å². The highest BCUT2D eigenvalue weighted by atomic mass is 35.5. The van der Waals surface area contributed by atoms with Gasteiger partial charge in [0.15, 0.2) is 0 Å². The normalized spacial score (nSPS) is 11.7. The fraction of sp³-hybridized carbons (Fsp3) is 0.190. The third-order valence-electron chi connectivity index (χ3n) is 4.60. The van der Waals surface area contributed by atoms with Gasteiger partial charge in [0.05, 0.1) is 23.3 Å². The Morgan fingerprint density at radius 3 is 2.53 bits per heavy atom. The van der Waals surface area contributed by atoms with Crippen molar-refractivity contribution >= 4 is 27.4 Å². The van der Waals surface area contributed by atoms with Crippen LogP contribution in [0, 0.1) is 11.3 Å². The molecule has 0 radical (unpaired) electrons. The topological polar surface area (TPSA) is 116 Å². The first-order valence-electron chi connectivity index (χ1n) is 9.45. The van der Waals surface area contributed by atoms with Crippen molar-refractivity contribution in [2.24, 2.45) is 0 Å². The van der Waals surface area contributed by atoms with Crippen LogP contribution in [0.1, 0.15) is 11.3 Å². The van der Waals surface area contributed by atoms with Gasteiger partial charge in [0.2, 0.25) is 0 Å². The van der Waals surface area contributed by atoms with E-state index in [0.717, 1.165) is 22.6 Å². The zero-order valence-corrected chi connectivity index (χ0v) is 19.0. The molecule has 13 heteroatoms. The van der Waals surface area contributed by atoms with E-state index in [1.807, 2.05) is 0 Å². The molecule has 3 rings (SSSR count). The third-order valence-corrected chi connectivity index (χ3v) is 6.69. The quantitative estimate of drug-likeness (QED) is 0.510. The maximum atomic E-state index is 13.4. The number of pyridine rings is 2. The summed E-state index contributed by atoms with van der Waals surface area (Å²) in [5.41, 5.74) is -1.85. The number of aromatic nitrogens is 2. The monoisotopic (exact) mass is 512 g/mol. The minimum atomic E-state index is -4.78. The molecular formula is C21H16ClF3N4O4S. The number of ether oxygens (including phenoxy) is 1. The zero-order chi connectivity index (χ0) is 25.1. The summed E-state index contributed by atoms with van der Waals surface area (Å²) in [4.78, 5) is 6.95. The zero-order valence-electron chi connectivity index (χ0n) is 17.4. The first-order chi connectivity index (χ1) is 16.0. The molecule has 0 bridgehead atoms. The number of nitrogens with zero attached hydrogens (tertiary/aromatic N) is 4. The molecule has 0 saturated carbocycles. The lowest BCUT2D eigenvalue weighted by molar-refractivity contribution is -0.141. The summed E-state index contributed by atoms with van der Waals surface area (Å²) in [7, 11) is -3.08. The van der Waals surface area contributed by atoms with E-state index in [1.54, 1.807) is 18.2 Å². The number of alkyl halides is 3. The Bertz CT molecular complexity index is 1350. The average molecular weight is 513 g/mol. The molecule has 0 spiro atoms. The third kappa shape index (κ3) is 5.06. The maximum absolute atomic E-state index is 13.4. The van der Waals surface area contributed by atoms with Crippen molar-refractivity contribution in [3.8, 4) is 22.9 Å². The SMILES string of the molecule is CN(c1ccccn1)S(=O)(=O)c1cc(-c2cnc(C(F)(F)F)cc2C#N)c(Cl)cc1OCCO. The lowest BCUT2D eigenvalue weighted by atomic mass is 10.0. The molecular weight excluding hydrogens is 497 g/mol. The van der Waals surface area contributed by atoms with Gasteiger partial charge in [-0.15, -0.1) is 0 Å². The molecule has 2 heterocycles. The molecule has 0 saturated heterocycles. The van der Waals surface area contributed by atoms with Gasteiger partial charge in [0.25, 0.3) is 10.0 Å². The Morgan fingerprint density at radius 2 is 1.94 bits per heavy atom. The maximum Gasteiger partial charge on any atom is 0.433 e. The van der Waals surface area contributed by atoms with Gasteiger partial charge < -0.3 is 9.84 Å². The van der Waals surface area contributed by atoms with Crippen molar-refractivity contribution in [2.75, 3.05) is 24.6 Å². The first kappa shape index (κ1) is 25.2. The van der Waals surface area contributed by atoms with Crippen LogP contribution < -0.4 is 9.04 Å². The summed E-state index contributed by atoms with van der Waals surface area (Å²) in [6, 6.07) is 9.06.